The minimum Gasteiger partial charge on any atom is -0.366 e. The standard InChI is InChI=1S/C21H24N4O2S2/c1-3-5-6-8-13-25-20(27)16(29-21(25)28)14-15-18(22-11-4-2)23-17-10-7-9-12-24(17)19(15)26/h4,7,9-10,12,14,22H,2-3,5-6,8,11,13H2,1H3. The van der Waals surface area contributed by atoms with E-state index >= 15 is 0 Å². The fourth-order valence-corrected chi connectivity index (χ4v) is 4.35. The molecule has 2 aromatic rings. The summed E-state index contributed by atoms with van der Waals surface area (Å²) in [6.07, 6.45) is 9.22. The Morgan fingerprint density at radius 2 is 2.10 bits per heavy atom. The Labute approximate surface area is 179 Å². The number of rotatable bonds is 9. The van der Waals surface area contributed by atoms with E-state index in [-0.39, 0.29) is 11.5 Å². The van der Waals surface area contributed by atoms with Gasteiger partial charge in [0, 0.05) is 19.3 Å². The van der Waals surface area contributed by atoms with Crippen molar-refractivity contribution in [1.82, 2.24) is 14.3 Å². The monoisotopic (exact) mass is 428 g/mol. The second-order valence-corrected chi connectivity index (χ2v) is 8.35. The maximum Gasteiger partial charge on any atom is 0.267 e. The number of nitrogens with one attached hydrogen (secondary N) is 1. The summed E-state index contributed by atoms with van der Waals surface area (Å²) in [5, 5.41) is 3.10. The SMILES string of the molecule is C=CCNc1nc2ccccn2c(=O)c1C=C1SC(=S)N(CCCCCC)C1=O. The Hall–Kier alpha value is -2.45. The highest BCUT2D eigenvalue weighted by atomic mass is 32.2. The van der Waals surface area contributed by atoms with E-state index < -0.39 is 0 Å². The molecule has 8 heteroatoms. The Kier molecular flexibility index (Phi) is 7.22. The molecule has 0 aliphatic carbocycles. The molecule has 0 radical (unpaired) electrons. The predicted molar refractivity (Wildman–Crippen MR) is 124 cm³/mol. The summed E-state index contributed by atoms with van der Waals surface area (Å²) in [5.74, 6) is 0.276. The number of anilines is 1. The van der Waals surface area contributed by atoms with Crippen LogP contribution in [0.4, 0.5) is 5.82 Å². The number of carbonyl (C=O) groups is 1. The number of aromatic nitrogens is 2. The summed E-state index contributed by atoms with van der Waals surface area (Å²) in [4.78, 5) is 32.5. The van der Waals surface area contributed by atoms with Crippen molar-refractivity contribution in [1.29, 1.82) is 0 Å². The van der Waals surface area contributed by atoms with E-state index in [4.69, 9.17) is 12.2 Å². The molecule has 1 N–H and O–H groups in total. The molecule has 0 aromatic carbocycles. The van der Waals surface area contributed by atoms with Crippen LogP contribution in [0.5, 0.6) is 0 Å². The van der Waals surface area contributed by atoms with E-state index in [1.807, 2.05) is 6.07 Å². The van der Waals surface area contributed by atoms with Crippen LogP contribution >= 0.6 is 24.0 Å². The van der Waals surface area contributed by atoms with E-state index in [1.165, 1.54) is 16.2 Å². The van der Waals surface area contributed by atoms with Crippen LogP contribution < -0.4 is 10.9 Å². The van der Waals surface area contributed by atoms with Gasteiger partial charge in [-0.3, -0.25) is 18.9 Å². The molecule has 3 heterocycles. The van der Waals surface area contributed by atoms with E-state index in [0.29, 0.717) is 39.3 Å². The summed E-state index contributed by atoms with van der Waals surface area (Å²) in [6, 6.07) is 5.36. The second-order valence-electron chi connectivity index (χ2n) is 6.67. The molecule has 1 saturated heterocycles. The molecule has 29 heavy (non-hydrogen) atoms. The molecule has 1 aliphatic rings. The molecule has 152 valence electrons. The summed E-state index contributed by atoms with van der Waals surface area (Å²) in [5.41, 5.74) is 0.627. The van der Waals surface area contributed by atoms with Crippen molar-refractivity contribution < 1.29 is 4.79 Å². The minimum absolute atomic E-state index is 0.149. The lowest BCUT2D eigenvalue weighted by Gasteiger charge is -2.13. The van der Waals surface area contributed by atoms with Crippen LogP contribution in [0.3, 0.4) is 0 Å². The maximum absolute atomic E-state index is 13.1. The van der Waals surface area contributed by atoms with Gasteiger partial charge in [-0.25, -0.2) is 4.98 Å². The van der Waals surface area contributed by atoms with Gasteiger partial charge in [0.05, 0.1) is 10.5 Å². The largest absolute Gasteiger partial charge is 0.366 e. The number of pyridine rings is 1. The molecule has 6 nitrogen and oxygen atoms in total. The first-order valence-corrected chi connectivity index (χ1v) is 10.9. The Morgan fingerprint density at radius 3 is 2.86 bits per heavy atom. The highest BCUT2D eigenvalue weighted by Gasteiger charge is 2.32. The van der Waals surface area contributed by atoms with Crippen LogP contribution in [0.25, 0.3) is 11.7 Å². The van der Waals surface area contributed by atoms with Gasteiger partial charge in [0.25, 0.3) is 11.5 Å². The fraction of sp³-hybridized carbons (Fsp3) is 0.333. The predicted octanol–water partition coefficient (Wildman–Crippen LogP) is 4.07. The van der Waals surface area contributed by atoms with E-state index in [0.717, 1.165) is 25.7 Å². The van der Waals surface area contributed by atoms with Crippen LogP contribution in [0, 0.1) is 0 Å². The normalized spacial score (nSPS) is 15.5. The lowest BCUT2D eigenvalue weighted by molar-refractivity contribution is -0.122. The van der Waals surface area contributed by atoms with Crippen LogP contribution in [0.1, 0.15) is 38.2 Å². The lowest BCUT2D eigenvalue weighted by atomic mass is 10.2. The Morgan fingerprint density at radius 1 is 1.28 bits per heavy atom. The first kappa shape index (κ1) is 21.3. The van der Waals surface area contributed by atoms with Crippen molar-refractivity contribution in [3.63, 3.8) is 0 Å². The summed E-state index contributed by atoms with van der Waals surface area (Å²) in [7, 11) is 0. The maximum atomic E-state index is 13.1. The third-order valence-corrected chi connectivity index (χ3v) is 5.94. The van der Waals surface area contributed by atoms with E-state index in [2.05, 4.69) is 23.8 Å². The molecule has 2 aromatic heterocycles. The van der Waals surface area contributed by atoms with Crippen LogP contribution in [-0.2, 0) is 4.79 Å². The van der Waals surface area contributed by atoms with Crippen molar-refractivity contribution in [2.24, 2.45) is 0 Å². The van der Waals surface area contributed by atoms with E-state index in [9.17, 15) is 9.59 Å². The molecule has 1 amide bonds. The van der Waals surface area contributed by atoms with Crippen LogP contribution in [0.2, 0.25) is 0 Å². The average Bonchev–Trinajstić information content (AvgIpc) is 2.99. The van der Waals surface area contributed by atoms with Crippen molar-refractivity contribution in [2.45, 2.75) is 32.6 Å². The summed E-state index contributed by atoms with van der Waals surface area (Å²) < 4.78 is 2.00. The molecule has 0 bridgehead atoms. The van der Waals surface area contributed by atoms with Gasteiger partial charge in [-0.1, -0.05) is 62.3 Å². The molecule has 0 atom stereocenters. The van der Waals surface area contributed by atoms with Crippen LogP contribution in [0.15, 0.2) is 46.8 Å². The molecule has 0 spiro atoms. The van der Waals surface area contributed by atoms with Gasteiger partial charge in [-0.15, -0.1) is 6.58 Å². The zero-order chi connectivity index (χ0) is 20.8. The van der Waals surface area contributed by atoms with Gasteiger partial charge < -0.3 is 5.32 Å². The van der Waals surface area contributed by atoms with Gasteiger partial charge >= 0.3 is 0 Å². The fourth-order valence-electron chi connectivity index (χ4n) is 3.06. The van der Waals surface area contributed by atoms with Crippen molar-refractivity contribution >= 4 is 51.7 Å². The highest BCUT2D eigenvalue weighted by Crippen LogP contribution is 2.33. The van der Waals surface area contributed by atoms with Gasteiger partial charge in [0.15, 0.2) is 0 Å². The van der Waals surface area contributed by atoms with Gasteiger partial charge in [-0.05, 0) is 24.6 Å². The summed E-state index contributed by atoms with van der Waals surface area (Å²) >= 11 is 6.63. The number of thioether (sulfide) groups is 1. The minimum atomic E-state index is -0.240. The molecule has 3 rings (SSSR count). The quantitative estimate of drug-likeness (QED) is 0.281. The zero-order valence-electron chi connectivity index (χ0n) is 16.4. The molecule has 1 fully saturated rings. The van der Waals surface area contributed by atoms with E-state index in [1.54, 1.807) is 35.4 Å². The third-order valence-electron chi connectivity index (χ3n) is 4.57. The zero-order valence-corrected chi connectivity index (χ0v) is 18.0. The first-order valence-electron chi connectivity index (χ1n) is 9.68. The molecule has 0 unspecified atom stereocenters. The number of amides is 1. The number of thiocarbonyl (C=S) groups is 1. The Balaban J connectivity index is 1.95. The number of carbonyl (C=O) groups excluding carboxylic acids is 1. The smallest absolute Gasteiger partial charge is 0.267 e. The molecular weight excluding hydrogens is 404 g/mol. The summed E-state index contributed by atoms with van der Waals surface area (Å²) in [6.45, 7) is 6.91. The topological polar surface area (TPSA) is 66.7 Å². The number of nitrogens with zero attached hydrogens (tertiary/aromatic N) is 3. The van der Waals surface area contributed by atoms with Crippen molar-refractivity contribution in [3.8, 4) is 0 Å². The van der Waals surface area contributed by atoms with Crippen molar-refractivity contribution in [2.75, 3.05) is 18.4 Å². The van der Waals surface area contributed by atoms with Crippen LogP contribution in [-0.4, -0.2) is 37.6 Å². The highest BCUT2D eigenvalue weighted by molar-refractivity contribution is 8.26. The first-order chi connectivity index (χ1) is 14.1. The van der Waals surface area contributed by atoms with Gasteiger partial charge in [0.1, 0.15) is 15.8 Å². The number of unbranched alkanes of at least 4 members (excludes halogenated alkanes) is 3. The third kappa shape index (κ3) is 4.76. The molecule has 1 aliphatic heterocycles. The van der Waals surface area contributed by atoms with Gasteiger partial charge in [0.2, 0.25) is 0 Å². The number of hydrogen-bond donors (Lipinski definition) is 1. The van der Waals surface area contributed by atoms with Gasteiger partial charge in [-0.2, -0.15) is 0 Å². The number of fused-ring (bicyclic) bond motifs is 1. The second kappa shape index (κ2) is 9.84. The van der Waals surface area contributed by atoms with Crippen molar-refractivity contribution in [3.05, 3.63) is 57.9 Å². The average molecular weight is 429 g/mol. The Bertz CT molecular complexity index is 1030. The molecule has 0 saturated carbocycles. The lowest BCUT2D eigenvalue weighted by Crippen LogP contribution is -2.29. The number of hydrogen-bond acceptors (Lipinski definition) is 6. The molecular formula is C21H24N4O2S2.